The zero-order chi connectivity index (χ0) is 13.7. The molecular formula is C14H19N3O2. The quantitative estimate of drug-likeness (QED) is 0.313. The molecule has 102 valence electrons. The average Bonchev–Trinajstić information content (AvgIpc) is 3.24. The Morgan fingerprint density at radius 1 is 1.42 bits per heavy atom. The van der Waals surface area contributed by atoms with E-state index in [1.54, 1.807) is 12.1 Å². The maximum atomic E-state index is 12.2. The third kappa shape index (κ3) is 3.71. The van der Waals surface area contributed by atoms with Crippen molar-refractivity contribution in [3.8, 4) is 0 Å². The Hall–Kier alpha value is -2.04. The minimum Gasteiger partial charge on any atom is -0.409 e. The van der Waals surface area contributed by atoms with Crippen LogP contribution < -0.4 is 11.1 Å². The van der Waals surface area contributed by atoms with Crippen LogP contribution in [-0.4, -0.2) is 23.5 Å². The third-order valence-corrected chi connectivity index (χ3v) is 3.36. The van der Waals surface area contributed by atoms with E-state index in [1.165, 1.54) is 12.8 Å². The molecule has 0 bridgehead atoms. The van der Waals surface area contributed by atoms with E-state index in [0.717, 1.165) is 17.9 Å². The molecule has 1 aromatic carbocycles. The predicted molar refractivity (Wildman–Crippen MR) is 72.9 cm³/mol. The normalized spacial score (nSPS) is 16.9. The number of oxime groups is 1. The Labute approximate surface area is 112 Å². The van der Waals surface area contributed by atoms with Gasteiger partial charge >= 0.3 is 0 Å². The number of amides is 1. The van der Waals surface area contributed by atoms with E-state index in [2.05, 4.69) is 10.5 Å². The molecule has 1 aliphatic rings. The molecule has 5 heteroatoms. The molecule has 1 fully saturated rings. The van der Waals surface area contributed by atoms with E-state index in [0.29, 0.717) is 6.54 Å². The number of nitrogens with zero attached hydrogens (tertiary/aromatic N) is 1. The van der Waals surface area contributed by atoms with Crippen LogP contribution in [0.4, 0.5) is 0 Å². The highest BCUT2D eigenvalue weighted by atomic mass is 16.4. The van der Waals surface area contributed by atoms with Crippen LogP contribution in [0.15, 0.2) is 35.5 Å². The molecule has 5 nitrogen and oxygen atoms in total. The first-order valence-corrected chi connectivity index (χ1v) is 6.52. The summed E-state index contributed by atoms with van der Waals surface area (Å²) in [5.74, 6) is -0.276. The Morgan fingerprint density at radius 3 is 2.68 bits per heavy atom. The van der Waals surface area contributed by atoms with E-state index in [4.69, 9.17) is 10.9 Å². The highest BCUT2D eigenvalue weighted by Gasteiger charge is 2.26. The van der Waals surface area contributed by atoms with E-state index in [-0.39, 0.29) is 11.7 Å². The maximum Gasteiger partial charge on any atom is 0.235 e. The van der Waals surface area contributed by atoms with Gasteiger partial charge in [-0.3, -0.25) is 4.79 Å². The molecule has 2 rings (SSSR count). The van der Waals surface area contributed by atoms with Gasteiger partial charge in [-0.15, -0.1) is 0 Å². The fourth-order valence-electron chi connectivity index (χ4n) is 2.07. The van der Waals surface area contributed by atoms with Crippen molar-refractivity contribution in [1.82, 2.24) is 5.32 Å². The van der Waals surface area contributed by atoms with Gasteiger partial charge in [0.2, 0.25) is 5.91 Å². The lowest BCUT2D eigenvalue weighted by Gasteiger charge is -2.15. The summed E-state index contributed by atoms with van der Waals surface area (Å²) in [6, 6.07) is 9.10. The van der Waals surface area contributed by atoms with E-state index in [9.17, 15) is 4.79 Å². The van der Waals surface area contributed by atoms with Crippen LogP contribution in [0.2, 0.25) is 0 Å². The SMILES string of the molecule is NC(=NO)C(C(=O)NCCC1CC1)c1ccccc1. The second-order valence-electron chi connectivity index (χ2n) is 4.89. The van der Waals surface area contributed by atoms with Crippen LogP contribution in [-0.2, 0) is 4.79 Å². The summed E-state index contributed by atoms with van der Waals surface area (Å²) in [5.41, 5.74) is 6.36. The molecule has 1 amide bonds. The van der Waals surface area contributed by atoms with Crippen molar-refractivity contribution in [3.63, 3.8) is 0 Å². The molecule has 0 aromatic heterocycles. The Morgan fingerprint density at radius 2 is 2.11 bits per heavy atom. The summed E-state index contributed by atoms with van der Waals surface area (Å²) in [6.07, 6.45) is 3.53. The maximum absolute atomic E-state index is 12.2. The van der Waals surface area contributed by atoms with Gasteiger partial charge in [0.25, 0.3) is 0 Å². The molecule has 1 unspecified atom stereocenters. The molecule has 0 spiro atoms. The van der Waals surface area contributed by atoms with Crippen molar-refractivity contribution in [3.05, 3.63) is 35.9 Å². The molecule has 0 heterocycles. The lowest BCUT2D eigenvalue weighted by Crippen LogP contribution is -2.37. The van der Waals surface area contributed by atoms with Gasteiger partial charge in [0.05, 0.1) is 0 Å². The van der Waals surface area contributed by atoms with Gasteiger partial charge in [-0.1, -0.05) is 48.3 Å². The zero-order valence-corrected chi connectivity index (χ0v) is 10.7. The molecule has 1 saturated carbocycles. The Kier molecular flexibility index (Phi) is 4.39. The predicted octanol–water partition coefficient (Wildman–Crippen LogP) is 1.43. The van der Waals surface area contributed by atoms with Gasteiger partial charge in [-0.2, -0.15) is 0 Å². The fraction of sp³-hybridized carbons (Fsp3) is 0.429. The second kappa shape index (κ2) is 6.22. The zero-order valence-electron chi connectivity index (χ0n) is 10.7. The van der Waals surface area contributed by atoms with Crippen molar-refractivity contribution in [2.24, 2.45) is 16.8 Å². The first-order chi connectivity index (χ1) is 9.22. The number of nitrogens with one attached hydrogen (secondary N) is 1. The number of hydrogen-bond donors (Lipinski definition) is 3. The molecule has 0 aliphatic heterocycles. The number of carbonyl (C=O) groups excluding carboxylic acids is 1. The Balaban J connectivity index is 2.02. The van der Waals surface area contributed by atoms with Gasteiger partial charge in [-0.25, -0.2) is 0 Å². The number of hydrogen-bond acceptors (Lipinski definition) is 3. The van der Waals surface area contributed by atoms with Gasteiger partial charge in [0.1, 0.15) is 5.92 Å². The van der Waals surface area contributed by atoms with Crippen LogP contribution in [0.25, 0.3) is 0 Å². The van der Waals surface area contributed by atoms with Crippen molar-refractivity contribution in [2.45, 2.75) is 25.2 Å². The van der Waals surface area contributed by atoms with Crippen molar-refractivity contribution in [1.29, 1.82) is 0 Å². The molecule has 1 atom stereocenters. The van der Waals surface area contributed by atoms with Crippen LogP contribution in [0, 0.1) is 5.92 Å². The van der Waals surface area contributed by atoms with E-state index >= 15 is 0 Å². The number of amidine groups is 1. The standard InChI is InChI=1S/C14H19N3O2/c15-13(17-19)12(11-4-2-1-3-5-11)14(18)16-9-8-10-6-7-10/h1-5,10,12,19H,6-9H2,(H2,15,17)(H,16,18). The van der Waals surface area contributed by atoms with Crippen LogP contribution in [0.5, 0.6) is 0 Å². The van der Waals surface area contributed by atoms with E-state index in [1.807, 2.05) is 18.2 Å². The molecule has 0 saturated heterocycles. The monoisotopic (exact) mass is 261 g/mol. The first kappa shape index (κ1) is 13.4. The summed E-state index contributed by atoms with van der Waals surface area (Å²) >= 11 is 0. The van der Waals surface area contributed by atoms with Crippen LogP contribution in [0.1, 0.15) is 30.7 Å². The van der Waals surface area contributed by atoms with Gasteiger partial charge in [-0.05, 0) is 17.9 Å². The lowest BCUT2D eigenvalue weighted by atomic mass is 9.97. The molecule has 19 heavy (non-hydrogen) atoms. The summed E-state index contributed by atoms with van der Waals surface area (Å²) in [5, 5.41) is 14.7. The molecule has 1 aliphatic carbocycles. The van der Waals surface area contributed by atoms with Crippen LogP contribution in [0.3, 0.4) is 0 Å². The van der Waals surface area contributed by atoms with Crippen molar-refractivity contribution < 1.29 is 10.0 Å². The van der Waals surface area contributed by atoms with Gasteiger partial charge in [0.15, 0.2) is 5.84 Å². The summed E-state index contributed by atoms with van der Waals surface area (Å²) < 4.78 is 0. The van der Waals surface area contributed by atoms with Gasteiger partial charge in [0, 0.05) is 6.54 Å². The van der Waals surface area contributed by atoms with Crippen LogP contribution >= 0.6 is 0 Å². The fourth-order valence-corrected chi connectivity index (χ4v) is 2.07. The summed E-state index contributed by atoms with van der Waals surface area (Å²) in [4.78, 5) is 12.2. The number of benzene rings is 1. The molecular weight excluding hydrogens is 242 g/mol. The number of carbonyl (C=O) groups is 1. The second-order valence-corrected chi connectivity index (χ2v) is 4.89. The smallest absolute Gasteiger partial charge is 0.235 e. The average molecular weight is 261 g/mol. The Bertz CT molecular complexity index is 455. The first-order valence-electron chi connectivity index (χ1n) is 6.52. The largest absolute Gasteiger partial charge is 0.409 e. The highest BCUT2D eigenvalue weighted by molar-refractivity contribution is 6.07. The topological polar surface area (TPSA) is 87.7 Å². The lowest BCUT2D eigenvalue weighted by molar-refractivity contribution is -0.121. The highest BCUT2D eigenvalue weighted by Crippen LogP contribution is 2.31. The van der Waals surface area contributed by atoms with Crippen molar-refractivity contribution in [2.75, 3.05) is 6.54 Å². The summed E-state index contributed by atoms with van der Waals surface area (Å²) in [6.45, 7) is 0.644. The van der Waals surface area contributed by atoms with E-state index < -0.39 is 5.92 Å². The third-order valence-electron chi connectivity index (χ3n) is 3.36. The van der Waals surface area contributed by atoms with Crippen molar-refractivity contribution >= 4 is 11.7 Å². The minimum absolute atomic E-state index is 0.0879. The minimum atomic E-state index is -0.731. The number of nitrogens with two attached hydrogens (primary N) is 1. The molecule has 1 aromatic rings. The number of rotatable bonds is 6. The molecule has 4 N–H and O–H groups in total. The molecule has 0 radical (unpaired) electrons. The summed E-state index contributed by atoms with van der Waals surface area (Å²) in [7, 11) is 0. The van der Waals surface area contributed by atoms with Gasteiger partial charge < -0.3 is 16.3 Å².